The number of carbonyl (C=O) groups excluding carboxylic acids is 1. The Hall–Kier alpha value is -5.82. The number of amides is 1. The van der Waals surface area contributed by atoms with Gasteiger partial charge in [0.15, 0.2) is 11.6 Å². The van der Waals surface area contributed by atoms with Crippen LogP contribution in [0.5, 0.6) is 0 Å². The van der Waals surface area contributed by atoms with Gasteiger partial charge >= 0.3 is 0 Å². The number of benzene rings is 2. The highest BCUT2D eigenvalue weighted by Gasteiger charge is 2.17. The molecule has 0 aliphatic rings. The van der Waals surface area contributed by atoms with E-state index in [0.29, 0.717) is 28.7 Å². The van der Waals surface area contributed by atoms with Gasteiger partial charge in [-0.25, -0.2) is 14.7 Å². The average molecular weight is 545 g/mol. The average Bonchev–Trinajstić information content (AvgIpc) is 3.28. The van der Waals surface area contributed by atoms with Gasteiger partial charge in [-0.3, -0.25) is 19.1 Å². The van der Waals surface area contributed by atoms with Crippen molar-refractivity contribution in [2.24, 2.45) is 17.8 Å². The van der Waals surface area contributed by atoms with E-state index < -0.39 is 5.91 Å². The second kappa shape index (κ2) is 12.8. The minimum Gasteiger partial charge on any atom is -0.381 e. The largest absolute Gasteiger partial charge is 0.381 e. The lowest BCUT2D eigenvalue weighted by molar-refractivity contribution is 0.100. The Bertz CT molecular complexity index is 1860. The molecule has 0 atom stereocenters. The fourth-order valence-electron chi connectivity index (χ4n) is 4.08. The molecule has 5 aromatic rings. The Morgan fingerprint density at radius 1 is 1.10 bits per heavy atom. The van der Waals surface area contributed by atoms with E-state index in [9.17, 15) is 9.59 Å². The van der Waals surface area contributed by atoms with Gasteiger partial charge in [0, 0.05) is 43.2 Å². The molecule has 0 saturated carbocycles. The first kappa shape index (κ1) is 28.2. The predicted octanol–water partition coefficient (Wildman–Crippen LogP) is 3.73. The summed E-state index contributed by atoms with van der Waals surface area (Å²) in [5.41, 5.74) is 13.6. The van der Waals surface area contributed by atoms with Gasteiger partial charge in [0.1, 0.15) is 11.4 Å². The molecule has 0 spiro atoms. The molecule has 204 valence electrons. The van der Waals surface area contributed by atoms with Gasteiger partial charge in [-0.1, -0.05) is 55.7 Å². The van der Waals surface area contributed by atoms with Crippen LogP contribution in [0.25, 0.3) is 16.6 Å². The summed E-state index contributed by atoms with van der Waals surface area (Å²) >= 11 is 0. The van der Waals surface area contributed by atoms with E-state index in [1.807, 2.05) is 67.6 Å². The third kappa shape index (κ3) is 6.26. The topological polar surface area (TPSA) is 147 Å². The number of nitrogens with two attached hydrogens (primary N) is 2. The van der Waals surface area contributed by atoms with Crippen molar-refractivity contribution in [3.63, 3.8) is 0 Å². The number of nitrogen functional groups attached to an aromatic ring is 1. The quantitative estimate of drug-likeness (QED) is 0.255. The number of allylic oxidation sites excluding steroid dienone is 1. The predicted molar refractivity (Wildman–Crippen MR) is 161 cm³/mol. The molecule has 5 rings (SSSR count). The van der Waals surface area contributed by atoms with Crippen LogP contribution >= 0.6 is 0 Å². The van der Waals surface area contributed by atoms with E-state index >= 15 is 0 Å². The summed E-state index contributed by atoms with van der Waals surface area (Å²) in [5.74, 6) is 6.69. The van der Waals surface area contributed by atoms with Crippen molar-refractivity contribution in [1.82, 2.24) is 24.3 Å². The molecular formula is C31H28N8O2. The highest BCUT2D eigenvalue weighted by atomic mass is 16.1. The molecule has 3 aromatic heterocycles. The van der Waals surface area contributed by atoms with Crippen molar-refractivity contribution >= 4 is 34.7 Å². The molecule has 41 heavy (non-hydrogen) atoms. The first-order valence-corrected chi connectivity index (χ1v) is 12.6. The highest BCUT2D eigenvalue weighted by Crippen LogP contribution is 2.23. The van der Waals surface area contributed by atoms with E-state index in [2.05, 4.69) is 33.5 Å². The van der Waals surface area contributed by atoms with Crippen LogP contribution in [0.4, 0.5) is 11.6 Å². The van der Waals surface area contributed by atoms with Crippen LogP contribution in [-0.2, 0) is 13.5 Å². The number of pyridine rings is 1. The summed E-state index contributed by atoms with van der Waals surface area (Å²) < 4.78 is 3.06. The monoisotopic (exact) mass is 544 g/mol. The van der Waals surface area contributed by atoms with Crippen molar-refractivity contribution < 1.29 is 4.79 Å². The van der Waals surface area contributed by atoms with Gasteiger partial charge in [0.25, 0.3) is 11.5 Å². The number of primary amides is 1. The van der Waals surface area contributed by atoms with Crippen molar-refractivity contribution in [1.29, 1.82) is 0 Å². The van der Waals surface area contributed by atoms with Crippen LogP contribution in [-0.4, -0.2) is 36.4 Å². The van der Waals surface area contributed by atoms with Crippen molar-refractivity contribution in [3.05, 3.63) is 119 Å². The minimum atomic E-state index is -0.646. The lowest BCUT2D eigenvalue weighted by Gasteiger charge is -2.13. The molecule has 2 aromatic carbocycles. The van der Waals surface area contributed by atoms with E-state index in [1.165, 1.54) is 17.0 Å². The molecule has 0 bridgehead atoms. The minimum absolute atomic E-state index is 0.0798. The van der Waals surface area contributed by atoms with Gasteiger partial charge in [0.05, 0.1) is 16.6 Å². The zero-order chi connectivity index (χ0) is 29.4. The summed E-state index contributed by atoms with van der Waals surface area (Å²) in [6, 6.07) is 18.9. The van der Waals surface area contributed by atoms with E-state index in [4.69, 9.17) is 16.5 Å². The maximum atomic E-state index is 13.4. The number of hydrogen-bond acceptors (Lipinski definition) is 7. The number of para-hydroxylation sites is 1. The van der Waals surface area contributed by atoms with E-state index in [0.717, 1.165) is 17.1 Å². The fraction of sp³-hybridized carbons (Fsp3) is 0.0968. The Balaban J connectivity index is 0.000000234. The molecular weight excluding hydrogens is 516 g/mol. The molecule has 3 heterocycles. The number of carbonyl (C=O) groups is 1. The number of rotatable bonds is 5. The third-order valence-electron chi connectivity index (χ3n) is 5.89. The summed E-state index contributed by atoms with van der Waals surface area (Å²) in [4.78, 5) is 37.1. The normalized spacial score (nSPS) is 10.5. The Labute approximate surface area is 236 Å². The van der Waals surface area contributed by atoms with Gasteiger partial charge < -0.3 is 11.5 Å². The third-order valence-corrected chi connectivity index (χ3v) is 5.89. The first-order valence-electron chi connectivity index (χ1n) is 12.6. The number of nitrogens with zero attached hydrogens (tertiary/aromatic N) is 6. The first-order chi connectivity index (χ1) is 19.8. The summed E-state index contributed by atoms with van der Waals surface area (Å²) in [7, 11) is 1.62. The van der Waals surface area contributed by atoms with Crippen LogP contribution in [0.2, 0.25) is 0 Å². The molecule has 0 fully saturated rings. The Morgan fingerprint density at radius 2 is 1.88 bits per heavy atom. The molecule has 0 saturated heterocycles. The molecule has 4 N–H and O–H groups in total. The summed E-state index contributed by atoms with van der Waals surface area (Å²) in [5, 5.41) is 4.37. The zero-order valence-corrected chi connectivity index (χ0v) is 22.7. The van der Waals surface area contributed by atoms with Crippen LogP contribution < -0.4 is 17.0 Å². The number of hydrogen-bond donors (Lipinski definition) is 2. The van der Waals surface area contributed by atoms with E-state index in [1.54, 1.807) is 24.0 Å². The van der Waals surface area contributed by atoms with Crippen LogP contribution in [0, 0.1) is 11.8 Å². The number of aliphatic imine (C=N–C) groups is 1. The van der Waals surface area contributed by atoms with Crippen molar-refractivity contribution in [3.8, 4) is 17.5 Å². The molecule has 10 nitrogen and oxygen atoms in total. The second-order valence-corrected chi connectivity index (χ2v) is 8.63. The molecule has 0 unspecified atom stereocenters. The maximum Gasteiger partial charge on any atom is 0.267 e. The Morgan fingerprint density at radius 3 is 2.54 bits per heavy atom. The van der Waals surface area contributed by atoms with Gasteiger partial charge in [-0.05, 0) is 36.4 Å². The molecule has 10 heteroatoms. The fourth-order valence-corrected chi connectivity index (χ4v) is 4.08. The molecule has 0 aliphatic carbocycles. The maximum absolute atomic E-state index is 13.4. The van der Waals surface area contributed by atoms with Gasteiger partial charge in [0.2, 0.25) is 0 Å². The SMILES string of the molecule is C=C/C=N\c1c(C(N)=O)c(N)nn1C.CCc1nc2cccc(C#Cc3cccnc3)c2c(=O)n1-c1ccccc1. The van der Waals surface area contributed by atoms with Crippen LogP contribution in [0.1, 0.15) is 34.2 Å². The number of aryl methyl sites for hydroxylation is 2. The van der Waals surface area contributed by atoms with Crippen molar-refractivity contribution in [2.75, 3.05) is 5.73 Å². The highest BCUT2D eigenvalue weighted by molar-refractivity contribution is 6.02. The number of aromatic nitrogens is 5. The number of anilines is 1. The molecule has 0 radical (unpaired) electrons. The molecule has 1 amide bonds. The standard InChI is InChI=1S/C23H17N3O.C8H11N5O/c1-2-21-25-20-12-6-9-18(14-13-17-8-7-15-24-16-17)22(20)23(27)26(21)19-10-4-3-5-11-19;1-3-4-11-8-5(7(10)14)6(9)12-13(8)2/h3-12,15-16H,2H2,1H3;3-4H,1H2,2H3,(H2,9,12)(H2,10,14)/b;11-4-. The van der Waals surface area contributed by atoms with Gasteiger partial charge in [-0.15, -0.1) is 0 Å². The molecule has 0 aliphatic heterocycles. The summed E-state index contributed by atoms with van der Waals surface area (Å²) in [6.07, 6.45) is 6.98. The second-order valence-electron chi connectivity index (χ2n) is 8.63. The van der Waals surface area contributed by atoms with Crippen LogP contribution in [0.15, 0.2) is 95.5 Å². The zero-order valence-electron chi connectivity index (χ0n) is 22.7. The smallest absolute Gasteiger partial charge is 0.267 e. The van der Waals surface area contributed by atoms with E-state index in [-0.39, 0.29) is 16.9 Å². The summed E-state index contributed by atoms with van der Waals surface area (Å²) in [6.45, 7) is 5.46. The number of fused-ring (bicyclic) bond motifs is 1. The lowest BCUT2D eigenvalue weighted by atomic mass is 10.1. The van der Waals surface area contributed by atoms with Crippen molar-refractivity contribution in [2.45, 2.75) is 13.3 Å². The van der Waals surface area contributed by atoms with Gasteiger partial charge in [-0.2, -0.15) is 5.10 Å². The van der Waals surface area contributed by atoms with Crippen LogP contribution in [0.3, 0.4) is 0 Å². The Kier molecular flexibility index (Phi) is 8.82. The lowest BCUT2D eigenvalue weighted by Crippen LogP contribution is -2.24.